The van der Waals surface area contributed by atoms with Crippen LogP contribution in [-0.4, -0.2) is 29.8 Å². The van der Waals surface area contributed by atoms with Crippen LogP contribution < -0.4 is 10.5 Å². The van der Waals surface area contributed by atoms with Crippen LogP contribution in [0.2, 0.25) is 0 Å². The first-order valence-corrected chi connectivity index (χ1v) is 8.55. The van der Waals surface area contributed by atoms with Gasteiger partial charge in [0.1, 0.15) is 0 Å². The average Bonchev–Trinajstić information content (AvgIpc) is 2.52. The Kier molecular flexibility index (Phi) is 4.33. The lowest BCUT2D eigenvalue weighted by molar-refractivity contribution is -0.0147. The van der Waals surface area contributed by atoms with Crippen molar-refractivity contribution in [3.8, 4) is 11.5 Å². The van der Waals surface area contributed by atoms with Crippen LogP contribution in [0.5, 0.6) is 11.5 Å². The normalized spacial score (nSPS) is 28.0. The fourth-order valence-electron chi connectivity index (χ4n) is 4.42. The van der Waals surface area contributed by atoms with Crippen LogP contribution in [0.1, 0.15) is 56.6 Å². The number of nitrogens with zero attached hydrogens (tertiary/aromatic N) is 1. The van der Waals surface area contributed by atoms with Gasteiger partial charge in [0.2, 0.25) is 0 Å². The number of nitrogens with two attached hydrogens (primary N) is 1. The second kappa shape index (κ2) is 6.09. The number of aromatic hydroxyl groups is 1. The largest absolute Gasteiger partial charge is 0.504 e. The van der Waals surface area contributed by atoms with Crippen molar-refractivity contribution < 1.29 is 9.84 Å². The minimum Gasteiger partial charge on any atom is -0.504 e. The quantitative estimate of drug-likeness (QED) is 0.897. The van der Waals surface area contributed by atoms with E-state index in [2.05, 4.69) is 17.9 Å². The molecule has 4 heteroatoms. The third-order valence-electron chi connectivity index (χ3n) is 5.47. The molecule has 4 nitrogen and oxygen atoms in total. The van der Waals surface area contributed by atoms with Crippen LogP contribution in [0, 0.1) is 0 Å². The van der Waals surface area contributed by atoms with Crippen LogP contribution in [0.3, 0.4) is 0 Å². The van der Waals surface area contributed by atoms with E-state index in [0.717, 1.165) is 25.8 Å². The highest BCUT2D eigenvalue weighted by Crippen LogP contribution is 2.49. The summed E-state index contributed by atoms with van der Waals surface area (Å²) < 4.78 is 5.37. The molecular weight excluding hydrogens is 276 g/mol. The molecule has 0 radical (unpaired) electrons. The molecule has 3 rings (SSSR count). The SMILES string of the molecule is CCCCC12CCCCN1C(N)Cc1cc(O)c(OC)cc12. The van der Waals surface area contributed by atoms with Gasteiger partial charge in [0.05, 0.1) is 13.3 Å². The zero-order valence-corrected chi connectivity index (χ0v) is 13.8. The molecular formula is C18H28N2O2. The van der Waals surface area contributed by atoms with Gasteiger partial charge in [-0.15, -0.1) is 0 Å². The predicted molar refractivity (Wildman–Crippen MR) is 88.1 cm³/mol. The van der Waals surface area contributed by atoms with E-state index in [-0.39, 0.29) is 17.5 Å². The van der Waals surface area contributed by atoms with E-state index in [9.17, 15) is 5.11 Å². The van der Waals surface area contributed by atoms with Crippen LogP contribution in [-0.2, 0) is 12.0 Å². The van der Waals surface area contributed by atoms with Gasteiger partial charge in [-0.25, -0.2) is 0 Å². The van der Waals surface area contributed by atoms with Gasteiger partial charge < -0.3 is 15.6 Å². The molecule has 0 bridgehead atoms. The molecule has 1 fully saturated rings. The lowest BCUT2D eigenvalue weighted by Gasteiger charge is -2.54. The Balaban J connectivity index is 2.12. The van der Waals surface area contributed by atoms with Crippen molar-refractivity contribution in [1.82, 2.24) is 4.90 Å². The number of ether oxygens (including phenoxy) is 1. The van der Waals surface area contributed by atoms with E-state index in [1.807, 2.05) is 6.07 Å². The molecule has 2 unspecified atom stereocenters. The monoisotopic (exact) mass is 304 g/mol. The summed E-state index contributed by atoms with van der Waals surface area (Å²) in [5.41, 5.74) is 9.05. The molecule has 3 N–H and O–H groups in total. The zero-order valence-electron chi connectivity index (χ0n) is 13.8. The number of unbranched alkanes of at least 4 members (excludes halogenated alkanes) is 1. The summed E-state index contributed by atoms with van der Waals surface area (Å²) in [6.45, 7) is 3.32. The first-order valence-electron chi connectivity index (χ1n) is 8.55. The summed E-state index contributed by atoms with van der Waals surface area (Å²) >= 11 is 0. The standard InChI is InChI=1S/C18H28N2O2/c1-3-4-7-18-8-5-6-9-20(18)17(19)11-13-10-15(21)16(22-2)12-14(13)18/h10,12,17,21H,3-9,11,19H2,1-2H3. The number of hydrogen-bond acceptors (Lipinski definition) is 4. The van der Waals surface area contributed by atoms with Gasteiger partial charge in [0.15, 0.2) is 11.5 Å². The van der Waals surface area contributed by atoms with Crippen molar-refractivity contribution in [1.29, 1.82) is 0 Å². The Morgan fingerprint density at radius 1 is 1.41 bits per heavy atom. The molecule has 2 atom stereocenters. The van der Waals surface area contributed by atoms with Crippen LogP contribution in [0.25, 0.3) is 0 Å². The van der Waals surface area contributed by atoms with Gasteiger partial charge in [-0.2, -0.15) is 0 Å². The fraction of sp³-hybridized carbons (Fsp3) is 0.667. The van der Waals surface area contributed by atoms with E-state index in [4.69, 9.17) is 10.5 Å². The summed E-state index contributed by atoms with van der Waals surface area (Å²) in [5.74, 6) is 0.805. The number of phenols is 1. The molecule has 1 saturated heterocycles. The van der Waals surface area contributed by atoms with Gasteiger partial charge in [-0.05, 0) is 48.9 Å². The number of phenolic OH excluding ortho intramolecular Hbond substituents is 1. The maximum atomic E-state index is 10.1. The summed E-state index contributed by atoms with van der Waals surface area (Å²) in [7, 11) is 1.62. The maximum absolute atomic E-state index is 10.1. The average molecular weight is 304 g/mol. The maximum Gasteiger partial charge on any atom is 0.160 e. The van der Waals surface area contributed by atoms with Gasteiger partial charge in [-0.1, -0.05) is 19.8 Å². The second-order valence-electron chi connectivity index (χ2n) is 6.74. The number of fused-ring (bicyclic) bond motifs is 3. The lowest BCUT2D eigenvalue weighted by atomic mass is 9.71. The molecule has 0 aromatic heterocycles. The molecule has 0 amide bonds. The van der Waals surface area contributed by atoms with E-state index < -0.39 is 0 Å². The number of piperidine rings is 1. The highest BCUT2D eigenvalue weighted by molar-refractivity contribution is 5.50. The van der Waals surface area contributed by atoms with Crippen molar-refractivity contribution in [2.45, 2.75) is 63.6 Å². The van der Waals surface area contributed by atoms with Gasteiger partial charge in [0, 0.05) is 18.5 Å². The Morgan fingerprint density at radius 3 is 2.95 bits per heavy atom. The van der Waals surface area contributed by atoms with E-state index in [1.165, 1.54) is 36.8 Å². The van der Waals surface area contributed by atoms with E-state index >= 15 is 0 Å². The Bertz CT molecular complexity index is 546. The minimum absolute atomic E-state index is 0.0300. The van der Waals surface area contributed by atoms with Gasteiger partial charge in [-0.3, -0.25) is 4.90 Å². The summed E-state index contributed by atoms with van der Waals surface area (Å²) in [5, 5.41) is 10.1. The molecule has 0 saturated carbocycles. The first-order chi connectivity index (χ1) is 10.6. The molecule has 2 heterocycles. The van der Waals surface area contributed by atoms with Crippen molar-refractivity contribution >= 4 is 0 Å². The number of rotatable bonds is 4. The van der Waals surface area contributed by atoms with Crippen molar-refractivity contribution in [2.75, 3.05) is 13.7 Å². The third kappa shape index (κ3) is 2.38. The summed E-state index contributed by atoms with van der Waals surface area (Å²) in [6.07, 6.45) is 8.01. The Hall–Kier alpha value is -1.26. The zero-order chi connectivity index (χ0) is 15.7. The van der Waals surface area contributed by atoms with Crippen LogP contribution in [0.15, 0.2) is 12.1 Å². The van der Waals surface area contributed by atoms with Crippen molar-refractivity contribution in [2.24, 2.45) is 5.73 Å². The highest BCUT2D eigenvalue weighted by atomic mass is 16.5. The molecule has 122 valence electrons. The lowest BCUT2D eigenvalue weighted by Crippen LogP contribution is -2.60. The number of methoxy groups -OCH3 is 1. The topological polar surface area (TPSA) is 58.7 Å². The number of benzene rings is 1. The summed E-state index contributed by atoms with van der Waals surface area (Å²) in [4.78, 5) is 2.52. The smallest absolute Gasteiger partial charge is 0.160 e. The van der Waals surface area contributed by atoms with Gasteiger partial charge >= 0.3 is 0 Å². The second-order valence-corrected chi connectivity index (χ2v) is 6.74. The molecule has 1 aromatic rings. The van der Waals surface area contributed by atoms with Crippen LogP contribution in [0.4, 0.5) is 0 Å². The van der Waals surface area contributed by atoms with Crippen LogP contribution >= 0.6 is 0 Å². The van der Waals surface area contributed by atoms with E-state index in [1.54, 1.807) is 7.11 Å². The molecule has 0 spiro atoms. The third-order valence-corrected chi connectivity index (χ3v) is 5.47. The van der Waals surface area contributed by atoms with E-state index in [0.29, 0.717) is 5.75 Å². The minimum atomic E-state index is 0.0300. The van der Waals surface area contributed by atoms with Gasteiger partial charge in [0.25, 0.3) is 0 Å². The first kappa shape index (κ1) is 15.6. The number of hydrogen-bond donors (Lipinski definition) is 2. The highest BCUT2D eigenvalue weighted by Gasteiger charge is 2.46. The fourth-order valence-corrected chi connectivity index (χ4v) is 4.42. The Labute approximate surface area is 133 Å². The molecule has 22 heavy (non-hydrogen) atoms. The van der Waals surface area contributed by atoms with Crippen molar-refractivity contribution in [3.05, 3.63) is 23.3 Å². The van der Waals surface area contributed by atoms with Crippen molar-refractivity contribution in [3.63, 3.8) is 0 Å². The molecule has 1 aromatic carbocycles. The summed E-state index contributed by atoms with van der Waals surface area (Å²) in [6, 6.07) is 3.93. The molecule has 2 aliphatic heterocycles. The molecule has 2 aliphatic rings. The Morgan fingerprint density at radius 2 is 2.23 bits per heavy atom. The molecule has 0 aliphatic carbocycles. The predicted octanol–water partition coefficient (Wildman–Crippen LogP) is 3.11.